The summed E-state index contributed by atoms with van der Waals surface area (Å²) >= 11 is 1.98. The fourth-order valence-electron chi connectivity index (χ4n) is 12.7. The van der Waals surface area contributed by atoms with Crippen molar-refractivity contribution in [3.05, 3.63) is 174 Å². The Hall–Kier alpha value is -7.02. The summed E-state index contributed by atoms with van der Waals surface area (Å²) in [4.78, 5) is 5.31. The second-order valence-corrected chi connectivity index (χ2v) is 25.4. The molecular formula is C66H59BN2O2S. The van der Waals surface area contributed by atoms with Crippen molar-refractivity contribution in [2.75, 3.05) is 9.71 Å². The summed E-state index contributed by atoms with van der Waals surface area (Å²) in [5.74, 6) is 0. The Labute approximate surface area is 427 Å². The van der Waals surface area contributed by atoms with Crippen LogP contribution < -0.4 is 20.0 Å². The molecule has 0 fully saturated rings. The first kappa shape index (κ1) is 43.7. The molecule has 0 saturated heterocycles. The van der Waals surface area contributed by atoms with Gasteiger partial charge in [-0.15, -0.1) is 11.3 Å². The molecule has 354 valence electrons. The van der Waals surface area contributed by atoms with Crippen LogP contribution in [0, 0.1) is 0 Å². The Balaban J connectivity index is 1.19. The van der Waals surface area contributed by atoms with E-state index in [1.54, 1.807) is 0 Å². The molecule has 1 aliphatic carbocycles. The van der Waals surface area contributed by atoms with Gasteiger partial charge >= 0.3 is 6.85 Å². The molecule has 11 aromatic rings. The minimum absolute atomic E-state index is 0.00487. The van der Waals surface area contributed by atoms with Crippen LogP contribution in [0.2, 0.25) is 0 Å². The van der Waals surface area contributed by atoms with E-state index in [-0.39, 0.29) is 28.5 Å². The van der Waals surface area contributed by atoms with Crippen molar-refractivity contribution in [2.45, 2.75) is 104 Å². The monoisotopic (exact) mass is 954 g/mol. The standard InChI is InChI=1S/C66H59BN2O2S/c1-63(2,3)39-24-27-41(28-25-39)69-53-37-56-46(42-20-14-16-22-54(42)70-56)33-45(53)47-34-48-43-21-15-17-23-55(43)71-61(48)60-58(47)67(69)62-59(49-35-50-51(36-57(49)72-62)66(9,10)31-30-65(50,7)8)68(60)52-29-26-40(64(4,5)6)32-44(52)38-18-12-11-13-19-38/h11-29,32-37H,30-31H2,1-10H3. The molecule has 6 heteroatoms. The lowest BCUT2D eigenvalue weighted by Gasteiger charge is -2.45. The van der Waals surface area contributed by atoms with Gasteiger partial charge in [0.2, 0.25) is 0 Å². The van der Waals surface area contributed by atoms with Gasteiger partial charge in [-0.2, -0.15) is 0 Å². The molecule has 0 N–H and O–H groups in total. The third-order valence-corrected chi connectivity index (χ3v) is 18.0. The van der Waals surface area contributed by atoms with E-state index in [1.807, 2.05) is 11.3 Å². The molecule has 3 aromatic heterocycles. The lowest BCUT2D eigenvalue weighted by molar-refractivity contribution is 0.332. The molecule has 2 aliphatic heterocycles. The quantitative estimate of drug-likeness (QED) is 0.165. The number of anilines is 5. The number of rotatable bonds is 3. The van der Waals surface area contributed by atoms with Gasteiger partial charge in [0.1, 0.15) is 16.7 Å². The molecule has 0 unspecified atom stereocenters. The van der Waals surface area contributed by atoms with Crippen molar-refractivity contribution in [2.24, 2.45) is 0 Å². The van der Waals surface area contributed by atoms with Crippen LogP contribution in [0.3, 0.4) is 0 Å². The lowest BCUT2D eigenvalue weighted by atomic mass is 9.46. The number of benzene rings is 8. The van der Waals surface area contributed by atoms with Gasteiger partial charge in [0, 0.05) is 65.0 Å². The van der Waals surface area contributed by atoms with E-state index in [9.17, 15) is 0 Å². The third-order valence-electron chi connectivity index (χ3n) is 16.8. The second kappa shape index (κ2) is 14.8. The minimum atomic E-state index is -0.210. The highest BCUT2D eigenvalue weighted by molar-refractivity contribution is 7.32. The number of para-hydroxylation sites is 2. The Morgan fingerprint density at radius 1 is 0.500 bits per heavy atom. The van der Waals surface area contributed by atoms with Crippen LogP contribution in [0.15, 0.2) is 160 Å². The van der Waals surface area contributed by atoms with E-state index in [1.165, 1.54) is 70.5 Å². The van der Waals surface area contributed by atoms with Crippen molar-refractivity contribution in [3.63, 3.8) is 0 Å². The predicted molar refractivity (Wildman–Crippen MR) is 308 cm³/mol. The van der Waals surface area contributed by atoms with E-state index in [4.69, 9.17) is 8.83 Å². The topological polar surface area (TPSA) is 32.8 Å². The van der Waals surface area contributed by atoms with Crippen molar-refractivity contribution < 1.29 is 8.83 Å². The zero-order valence-corrected chi connectivity index (χ0v) is 43.9. The van der Waals surface area contributed by atoms with Crippen LogP contribution in [0.25, 0.3) is 76.2 Å². The summed E-state index contributed by atoms with van der Waals surface area (Å²) in [6.45, 7) is 23.5. The number of hydrogen-bond acceptors (Lipinski definition) is 5. The average Bonchev–Trinajstić information content (AvgIpc) is 4.05. The Kier molecular flexibility index (Phi) is 8.99. The number of furan rings is 2. The van der Waals surface area contributed by atoms with Crippen LogP contribution in [0.1, 0.15) is 104 Å². The van der Waals surface area contributed by atoms with Gasteiger partial charge in [0.25, 0.3) is 0 Å². The Bertz CT molecular complexity index is 4080. The highest BCUT2D eigenvalue weighted by atomic mass is 32.1. The zero-order valence-electron chi connectivity index (χ0n) is 43.0. The summed E-state index contributed by atoms with van der Waals surface area (Å²) in [5.41, 5.74) is 20.9. The lowest BCUT2D eigenvalue weighted by Crippen LogP contribution is -2.60. The summed E-state index contributed by atoms with van der Waals surface area (Å²) in [5, 5.41) is 5.76. The van der Waals surface area contributed by atoms with Gasteiger partial charge in [-0.3, -0.25) is 0 Å². The number of hydrogen-bond donors (Lipinski definition) is 0. The van der Waals surface area contributed by atoms with Crippen molar-refractivity contribution >= 4 is 111 Å². The maximum atomic E-state index is 7.38. The first-order valence-electron chi connectivity index (χ1n) is 25.9. The number of fused-ring (bicyclic) bond motifs is 14. The molecule has 14 rings (SSSR count). The van der Waals surface area contributed by atoms with E-state index in [0.717, 1.165) is 79.5 Å². The molecule has 8 aromatic carbocycles. The van der Waals surface area contributed by atoms with Crippen LogP contribution in [-0.4, -0.2) is 6.85 Å². The number of thiophene rings is 1. The molecule has 0 bridgehead atoms. The van der Waals surface area contributed by atoms with Crippen LogP contribution in [-0.2, 0) is 21.7 Å². The van der Waals surface area contributed by atoms with Gasteiger partial charge in [-0.05, 0) is 134 Å². The van der Waals surface area contributed by atoms with Gasteiger partial charge in [0.05, 0.1) is 17.1 Å². The molecule has 0 saturated carbocycles. The third kappa shape index (κ3) is 6.24. The molecule has 0 spiro atoms. The van der Waals surface area contributed by atoms with Crippen molar-refractivity contribution in [1.29, 1.82) is 0 Å². The highest BCUT2D eigenvalue weighted by Crippen LogP contribution is 2.57. The predicted octanol–water partition coefficient (Wildman–Crippen LogP) is 18.0. The SMILES string of the molecule is CC(C)(C)c1ccc(N2B3c4sc5cc6c(cc5c4N(c4ccc(C(C)(C)C)cc4-c4ccccc4)c4c3c(cc3c4oc4ccccc43)-c3cc4c(cc32)oc2ccccc24)C(C)(C)CCC6(C)C)cc1. The average molecular weight is 955 g/mol. The molecule has 72 heavy (non-hydrogen) atoms. The summed E-state index contributed by atoms with van der Waals surface area (Å²) in [7, 11) is 0. The van der Waals surface area contributed by atoms with Crippen LogP contribution >= 0.6 is 11.3 Å². The first-order chi connectivity index (χ1) is 34.4. The Morgan fingerprint density at radius 2 is 1.11 bits per heavy atom. The van der Waals surface area contributed by atoms with E-state index >= 15 is 0 Å². The van der Waals surface area contributed by atoms with Crippen molar-refractivity contribution in [1.82, 2.24) is 0 Å². The van der Waals surface area contributed by atoms with Crippen molar-refractivity contribution in [3.8, 4) is 22.3 Å². The second-order valence-electron chi connectivity index (χ2n) is 24.4. The maximum absolute atomic E-state index is 7.38. The minimum Gasteiger partial charge on any atom is -0.456 e. The Morgan fingerprint density at radius 3 is 1.81 bits per heavy atom. The van der Waals surface area contributed by atoms with E-state index in [2.05, 4.69) is 231 Å². The van der Waals surface area contributed by atoms with E-state index < -0.39 is 0 Å². The zero-order chi connectivity index (χ0) is 49.4. The normalized spacial score (nSPS) is 15.9. The smallest absolute Gasteiger partial charge is 0.343 e. The highest BCUT2D eigenvalue weighted by Gasteiger charge is 2.50. The van der Waals surface area contributed by atoms with Gasteiger partial charge in [0.15, 0.2) is 5.58 Å². The summed E-state index contributed by atoms with van der Waals surface area (Å²) < 4.78 is 16.8. The van der Waals surface area contributed by atoms with Crippen LogP contribution in [0.4, 0.5) is 28.4 Å². The number of nitrogens with zero attached hydrogens (tertiary/aromatic N) is 2. The molecule has 0 atom stereocenters. The van der Waals surface area contributed by atoms with Gasteiger partial charge in [-0.1, -0.05) is 154 Å². The van der Waals surface area contributed by atoms with Gasteiger partial charge < -0.3 is 18.5 Å². The van der Waals surface area contributed by atoms with Gasteiger partial charge in [-0.25, -0.2) is 0 Å². The largest absolute Gasteiger partial charge is 0.456 e. The van der Waals surface area contributed by atoms with Crippen LogP contribution in [0.5, 0.6) is 0 Å². The molecule has 0 radical (unpaired) electrons. The fraction of sp³-hybridized carbons (Fsp3) is 0.242. The van der Waals surface area contributed by atoms with E-state index in [0.29, 0.717) is 0 Å². The molecule has 0 amide bonds. The maximum Gasteiger partial charge on any atom is 0.343 e. The molecule has 4 nitrogen and oxygen atoms in total. The molecular weight excluding hydrogens is 896 g/mol. The summed E-state index contributed by atoms with van der Waals surface area (Å²) in [6.07, 6.45) is 2.30. The molecule has 3 aliphatic rings. The molecule has 5 heterocycles. The summed E-state index contributed by atoms with van der Waals surface area (Å²) in [6, 6.07) is 57.2. The fourth-order valence-corrected chi connectivity index (χ4v) is 14.0. The first-order valence-corrected chi connectivity index (χ1v) is 26.7.